The second kappa shape index (κ2) is 4.43. The third-order valence-electron chi connectivity index (χ3n) is 1.79. The SMILES string of the molecule is Cc1c[nH]c(=O)n(CC(=O)N=C(N)N)c1=O. The van der Waals surface area contributed by atoms with Gasteiger partial charge in [-0.1, -0.05) is 0 Å². The Morgan fingerprint density at radius 2 is 2.12 bits per heavy atom. The summed E-state index contributed by atoms with van der Waals surface area (Å²) in [7, 11) is 0. The van der Waals surface area contributed by atoms with E-state index in [1.54, 1.807) is 0 Å². The predicted molar refractivity (Wildman–Crippen MR) is 56.9 cm³/mol. The van der Waals surface area contributed by atoms with Gasteiger partial charge in [-0.2, -0.15) is 4.99 Å². The van der Waals surface area contributed by atoms with Gasteiger partial charge in [0.15, 0.2) is 5.96 Å². The lowest BCUT2D eigenvalue weighted by Gasteiger charge is -2.01. The average Bonchev–Trinajstić information content (AvgIpc) is 2.17. The number of nitrogens with zero attached hydrogens (tertiary/aromatic N) is 2. The van der Waals surface area contributed by atoms with Crippen molar-refractivity contribution in [1.82, 2.24) is 9.55 Å². The van der Waals surface area contributed by atoms with E-state index in [1.165, 1.54) is 13.1 Å². The van der Waals surface area contributed by atoms with Crippen LogP contribution in [0.1, 0.15) is 5.56 Å². The molecule has 1 heterocycles. The van der Waals surface area contributed by atoms with Gasteiger partial charge in [-0.15, -0.1) is 0 Å². The van der Waals surface area contributed by atoms with Crippen molar-refractivity contribution < 1.29 is 4.79 Å². The second-order valence-corrected chi connectivity index (χ2v) is 3.10. The number of H-pyrrole nitrogens is 1. The molecule has 0 bridgehead atoms. The Morgan fingerprint density at radius 1 is 1.50 bits per heavy atom. The molecule has 0 unspecified atom stereocenters. The molecule has 1 aromatic heterocycles. The molecular weight excluding hydrogens is 214 g/mol. The van der Waals surface area contributed by atoms with Crippen LogP contribution < -0.4 is 22.7 Å². The van der Waals surface area contributed by atoms with Crippen LogP contribution in [0, 0.1) is 6.92 Å². The minimum Gasteiger partial charge on any atom is -0.370 e. The van der Waals surface area contributed by atoms with E-state index in [4.69, 9.17) is 11.5 Å². The maximum atomic E-state index is 11.5. The first-order chi connectivity index (χ1) is 7.41. The van der Waals surface area contributed by atoms with Crippen LogP contribution in [-0.4, -0.2) is 21.4 Å². The lowest BCUT2D eigenvalue weighted by Crippen LogP contribution is -2.38. The Balaban J connectivity index is 3.12. The Morgan fingerprint density at radius 3 is 2.69 bits per heavy atom. The number of aromatic amines is 1. The molecule has 0 aromatic carbocycles. The van der Waals surface area contributed by atoms with E-state index >= 15 is 0 Å². The fourth-order valence-electron chi connectivity index (χ4n) is 1.07. The van der Waals surface area contributed by atoms with Crippen molar-refractivity contribution in [2.45, 2.75) is 13.5 Å². The normalized spacial score (nSPS) is 9.81. The van der Waals surface area contributed by atoms with Crippen LogP contribution >= 0.6 is 0 Å². The smallest absolute Gasteiger partial charge is 0.328 e. The average molecular weight is 225 g/mol. The zero-order chi connectivity index (χ0) is 12.3. The molecule has 0 aliphatic rings. The molecule has 0 spiro atoms. The number of carbonyl (C=O) groups is 1. The summed E-state index contributed by atoms with van der Waals surface area (Å²) >= 11 is 0. The first kappa shape index (κ1) is 11.7. The van der Waals surface area contributed by atoms with Crippen LogP contribution in [0.3, 0.4) is 0 Å². The van der Waals surface area contributed by atoms with Gasteiger partial charge in [0, 0.05) is 11.8 Å². The largest absolute Gasteiger partial charge is 0.370 e. The van der Waals surface area contributed by atoms with Crippen molar-refractivity contribution in [2.75, 3.05) is 0 Å². The van der Waals surface area contributed by atoms with Gasteiger partial charge in [0.25, 0.3) is 11.5 Å². The van der Waals surface area contributed by atoms with Gasteiger partial charge in [0.2, 0.25) is 0 Å². The van der Waals surface area contributed by atoms with Crippen molar-refractivity contribution in [2.24, 2.45) is 16.5 Å². The van der Waals surface area contributed by atoms with Crippen LogP contribution in [0.2, 0.25) is 0 Å². The third-order valence-corrected chi connectivity index (χ3v) is 1.79. The van der Waals surface area contributed by atoms with E-state index < -0.39 is 29.7 Å². The Bertz CT molecular complexity index is 550. The molecule has 0 aliphatic carbocycles. The number of rotatable bonds is 2. The molecule has 1 aromatic rings. The molecule has 0 radical (unpaired) electrons. The van der Waals surface area contributed by atoms with E-state index in [2.05, 4.69) is 9.98 Å². The monoisotopic (exact) mass is 225 g/mol. The number of hydrogen-bond acceptors (Lipinski definition) is 3. The highest BCUT2D eigenvalue weighted by molar-refractivity contribution is 5.91. The highest BCUT2D eigenvalue weighted by Gasteiger charge is 2.08. The van der Waals surface area contributed by atoms with Crippen molar-refractivity contribution in [3.63, 3.8) is 0 Å². The Labute approximate surface area is 89.6 Å². The number of nitrogens with one attached hydrogen (secondary N) is 1. The highest BCUT2D eigenvalue weighted by Crippen LogP contribution is 1.83. The van der Waals surface area contributed by atoms with Crippen LogP contribution in [0.4, 0.5) is 0 Å². The van der Waals surface area contributed by atoms with Crippen LogP contribution in [0.25, 0.3) is 0 Å². The molecule has 16 heavy (non-hydrogen) atoms. The van der Waals surface area contributed by atoms with Gasteiger partial charge in [0.05, 0.1) is 0 Å². The zero-order valence-electron chi connectivity index (χ0n) is 8.56. The molecule has 0 saturated heterocycles. The quantitative estimate of drug-likeness (QED) is 0.382. The molecule has 0 saturated carbocycles. The maximum Gasteiger partial charge on any atom is 0.328 e. The number of aryl methyl sites for hydroxylation is 1. The van der Waals surface area contributed by atoms with Crippen molar-refractivity contribution in [3.05, 3.63) is 32.6 Å². The van der Waals surface area contributed by atoms with Crippen LogP contribution in [0.5, 0.6) is 0 Å². The summed E-state index contributed by atoms with van der Waals surface area (Å²) in [5, 5.41) is 0. The van der Waals surface area contributed by atoms with E-state index in [-0.39, 0.29) is 0 Å². The number of aliphatic imine (C=N–C) groups is 1. The summed E-state index contributed by atoms with van der Waals surface area (Å²) in [6, 6.07) is 0. The van der Waals surface area contributed by atoms with Gasteiger partial charge in [0.1, 0.15) is 6.54 Å². The van der Waals surface area contributed by atoms with Crippen LogP contribution in [0.15, 0.2) is 20.8 Å². The van der Waals surface area contributed by atoms with Gasteiger partial charge < -0.3 is 16.5 Å². The number of carbonyl (C=O) groups excluding carboxylic acids is 1. The number of amides is 1. The minimum atomic E-state index is -0.766. The fraction of sp³-hybridized carbons (Fsp3) is 0.250. The molecular formula is C8H11N5O3. The van der Waals surface area contributed by atoms with E-state index in [0.29, 0.717) is 5.56 Å². The highest BCUT2D eigenvalue weighted by atomic mass is 16.2. The summed E-state index contributed by atoms with van der Waals surface area (Å²) < 4.78 is 0.726. The molecule has 0 fully saturated rings. The van der Waals surface area contributed by atoms with E-state index in [0.717, 1.165) is 4.57 Å². The molecule has 5 N–H and O–H groups in total. The second-order valence-electron chi connectivity index (χ2n) is 3.10. The summed E-state index contributed by atoms with van der Waals surface area (Å²) in [5.41, 5.74) is 9.05. The summed E-state index contributed by atoms with van der Waals surface area (Å²) in [6.07, 6.45) is 1.27. The molecule has 0 aliphatic heterocycles. The lowest BCUT2D eigenvalue weighted by atomic mass is 10.4. The fourth-order valence-corrected chi connectivity index (χ4v) is 1.07. The topological polar surface area (TPSA) is 136 Å². The number of hydrogen-bond donors (Lipinski definition) is 3. The van der Waals surface area contributed by atoms with Gasteiger partial charge >= 0.3 is 5.69 Å². The zero-order valence-corrected chi connectivity index (χ0v) is 8.56. The van der Waals surface area contributed by atoms with Gasteiger partial charge in [-0.3, -0.25) is 14.2 Å². The maximum absolute atomic E-state index is 11.5. The van der Waals surface area contributed by atoms with Crippen LogP contribution in [-0.2, 0) is 11.3 Å². The molecule has 0 atom stereocenters. The molecule has 1 rings (SSSR count). The first-order valence-electron chi connectivity index (χ1n) is 4.33. The number of aromatic nitrogens is 2. The first-order valence-corrected chi connectivity index (χ1v) is 4.33. The lowest BCUT2D eigenvalue weighted by molar-refractivity contribution is -0.118. The van der Waals surface area contributed by atoms with E-state index in [1.807, 2.05) is 0 Å². The van der Waals surface area contributed by atoms with Gasteiger partial charge in [-0.25, -0.2) is 4.79 Å². The Hall–Kier alpha value is -2.38. The molecule has 8 heteroatoms. The number of nitrogens with two attached hydrogens (primary N) is 2. The molecule has 8 nitrogen and oxygen atoms in total. The summed E-state index contributed by atoms with van der Waals surface area (Å²) in [6.45, 7) is 1.02. The third kappa shape index (κ3) is 2.56. The van der Waals surface area contributed by atoms with Crippen molar-refractivity contribution >= 4 is 11.9 Å². The predicted octanol–water partition coefficient (Wildman–Crippen LogP) is -2.35. The summed E-state index contributed by atoms with van der Waals surface area (Å²) in [5.74, 6) is -1.18. The Kier molecular flexibility index (Phi) is 3.24. The standard InChI is InChI=1S/C8H11N5O3/c1-4-2-11-8(16)13(6(4)15)3-5(14)12-7(9)10/h2H,3H2,1H3,(H,11,16)(H4,9,10,12,14). The number of guanidine groups is 1. The molecule has 86 valence electrons. The van der Waals surface area contributed by atoms with Gasteiger partial charge in [-0.05, 0) is 6.92 Å². The van der Waals surface area contributed by atoms with Crippen molar-refractivity contribution in [3.8, 4) is 0 Å². The molecule has 1 amide bonds. The van der Waals surface area contributed by atoms with Crippen molar-refractivity contribution in [1.29, 1.82) is 0 Å². The van der Waals surface area contributed by atoms with E-state index in [9.17, 15) is 14.4 Å². The summed E-state index contributed by atoms with van der Waals surface area (Å²) in [4.78, 5) is 39.4. The minimum absolute atomic E-state index is 0.317.